The first-order valence-electron chi connectivity index (χ1n) is 8.32. The fraction of sp³-hybridized carbons (Fsp3) is 0.100. The minimum absolute atomic E-state index is 0.103. The number of alkyl halides is 2. The van der Waals surface area contributed by atoms with E-state index in [0.717, 1.165) is 21.6 Å². The molecule has 0 atom stereocenters. The normalized spacial score (nSPS) is 11.5. The molecule has 5 nitrogen and oxygen atoms in total. The molecule has 8 heteroatoms. The SMILES string of the molecule is C=CCN=c1scc(-c2ccc(OC(F)F)cc2)n1NC(=C)c1ccncc1. The van der Waals surface area contributed by atoms with Crippen molar-refractivity contribution >= 4 is 17.0 Å². The van der Waals surface area contributed by atoms with Gasteiger partial charge < -0.3 is 4.74 Å². The fourth-order valence-corrected chi connectivity index (χ4v) is 3.29. The molecule has 0 radical (unpaired) electrons. The van der Waals surface area contributed by atoms with Gasteiger partial charge in [0, 0.05) is 28.9 Å². The van der Waals surface area contributed by atoms with Crippen LogP contribution in [-0.4, -0.2) is 22.8 Å². The number of nitrogens with one attached hydrogen (secondary N) is 1. The molecule has 3 rings (SSSR count). The molecule has 0 aliphatic heterocycles. The Kier molecular flexibility index (Phi) is 6.33. The monoisotopic (exact) mass is 400 g/mol. The number of rotatable bonds is 8. The van der Waals surface area contributed by atoms with E-state index >= 15 is 0 Å². The number of halogens is 2. The maximum atomic E-state index is 12.4. The van der Waals surface area contributed by atoms with Crippen LogP contribution in [0.4, 0.5) is 8.78 Å². The van der Waals surface area contributed by atoms with Gasteiger partial charge in [-0.2, -0.15) is 8.78 Å². The lowest BCUT2D eigenvalue weighted by atomic mass is 10.1. The second-order valence-electron chi connectivity index (χ2n) is 5.60. The first-order chi connectivity index (χ1) is 13.6. The molecule has 1 N–H and O–H groups in total. The third-order valence-corrected chi connectivity index (χ3v) is 4.58. The van der Waals surface area contributed by atoms with Crippen molar-refractivity contribution in [3.8, 4) is 17.0 Å². The first-order valence-corrected chi connectivity index (χ1v) is 9.20. The van der Waals surface area contributed by atoms with E-state index in [0.29, 0.717) is 12.2 Å². The van der Waals surface area contributed by atoms with Crippen LogP contribution >= 0.6 is 11.3 Å². The van der Waals surface area contributed by atoms with E-state index < -0.39 is 6.61 Å². The Bertz CT molecular complexity index is 1010. The van der Waals surface area contributed by atoms with Crippen LogP contribution in [0.5, 0.6) is 5.75 Å². The van der Waals surface area contributed by atoms with Crippen LogP contribution in [0.2, 0.25) is 0 Å². The standard InChI is InChI=1S/C20H18F2N4OS/c1-3-10-24-20-26(25-14(2)15-8-11-23-12-9-15)18(13-28-20)16-4-6-17(7-5-16)27-19(21)22/h3-9,11-13,19,25H,1-2,10H2. The molecule has 0 aliphatic rings. The Morgan fingerprint density at radius 1 is 1.25 bits per heavy atom. The Balaban J connectivity index is 1.96. The molecule has 144 valence electrons. The first kappa shape index (κ1) is 19.5. The number of hydrogen-bond acceptors (Lipinski definition) is 5. The molecular formula is C20H18F2N4OS. The summed E-state index contributed by atoms with van der Waals surface area (Å²) in [5.41, 5.74) is 6.43. The molecule has 2 heterocycles. The third kappa shape index (κ3) is 4.72. The van der Waals surface area contributed by atoms with Gasteiger partial charge in [0.1, 0.15) is 5.75 Å². The molecule has 1 aromatic carbocycles. The van der Waals surface area contributed by atoms with Crippen LogP contribution in [0.1, 0.15) is 5.56 Å². The zero-order valence-corrected chi connectivity index (χ0v) is 15.7. The summed E-state index contributed by atoms with van der Waals surface area (Å²) in [6.45, 7) is 5.38. The number of thiazole rings is 1. The second-order valence-corrected chi connectivity index (χ2v) is 6.43. The van der Waals surface area contributed by atoms with E-state index in [4.69, 9.17) is 0 Å². The quantitative estimate of drug-likeness (QED) is 0.566. The van der Waals surface area contributed by atoms with Gasteiger partial charge in [-0.3, -0.25) is 15.4 Å². The van der Waals surface area contributed by atoms with Gasteiger partial charge in [0.2, 0.25) is 4.80 Å². The molecule has 0 fully saturated rings. The molecule has 0 aliphatic carbocycles. The summed E-state index contributed by atoms with van der Waals surface area (Å²) in [5.74, 6) is 0.103. The van der Waals surface area contributed by atoms with Crippen molar-refractivity contribution in [2.45, 2.75) is 6.61 Å². The lowest BCUT2D eigenvalue weighted by molar-refractivity contribution is -0.0498. The van der Waals surface area contributed by atoms with Gasteiger partial charge in [0.15, 0.2) is 0 Å². The van der Waals surface area contributed by atoms with Crippen LogP contribution in [0, 0.1) is 0 Å². The number of hydrogen-bond donors (Lipinski definition) is 1. The predicted octanol–water partition coefficient (Wildman–Crippen LogP) is 4.51. The number of benzene rings is 1. The molecule has 0 spiro atoms. The number of ether oxygens (including phenoxy) is 1. The van der Waals surface area contributed by atoms with Crippen molar-refractivity contribution in [3.05, 3.63) is 83.8 Å². The van der Waals surface area contributed by atoms with Gasteiger partial charge in [-0.15, -0.1) is 17.9 Å². The van der Waals surface area contributed by atoms with Crippen LogP contribution in [-0.2, 0) is 0 Å². The highest BCUT2D eigenvalue weighted by atomic mass is 32.1. The molecular weight excluding hydrogens is 382 g/mol. The Labute approximate surface area is 165 Å². The summed E-state index contributed by atoms with van der Waals surface area (Å²) in [6, 6.07) is 10.1. The van der Waals surface area contributed by atoms with E-state index in [9.17, 15) is 8.78 Å². The van der Waals surface area contributed by atoms with Crippen molar-refractivity contribution in [2.24, 2.45) is 4.99 Å². The average Bonchev–Trinajstić information content (AvgIpc) is 3.09. The Morgan fingerprint density at radius 3 is 2.61 bits per heavy atom. The molecule has 28 heavy (non-hydrogen) atoms. The van der Waals surface area contributed by atoms with E-state index in [1.807, 2.05) is 17.5 Å². The Morgan fingerprint density at radius 2 is 1.96 bits per heavy atom. The fourth-order valence-electron chi connectivity index (χ4n) is 2.43. The van der Waals surface area contributed by atoms with Gasteiger partial charge in [0.05, 0.1) is 17.9 Å². The van der Waals surface area contributed by atoms with Crippen molar-refractivity contribution < 1.29 is 13.5 Å². The van der Waals surface area contributed by atoms with Crippen molar-refractivity contribution in [1.82, 2.24) is 9.66 Å². The number of nitrogens with zero attached hydrogens (tertiary/aromatic N) is 3. The number of pyridine rings is 1. The highest BCUT2D eigenvalue weighted by Crippen LogP contribution is 2.24. The highest BCUT2D eigenvalue weighted by molar-refractivity contribution is 7.07. The highest BCUT2D eigenvalue weighted by Gasteiger charge is 2.11. The zero-order chi connectivity index (χ0) is 19.9. The van der Waals surface area contributed by atoms with Crippen molar-refractivity contribution in [1.29, 1.82) is 0 Å². The molecule has 3 aromatic rings. The Hall–Kier alpha value is -3.26. The van der Waals surface area contributed by atoms with Gasteiger partial charge in [-0.05, 0) is 36.4 Å². The molecule has 0 saturated carbocycles. The minimum Gasteiger partial charge on any atom is -0.435 e. The van der Waals surface area contributed by atoms with Crippen molar-refractivity contribution in [3.63, 3.8) is 0 Å². The van der Waals surface area contributed by atoms with E-state index in [-0.39, 0.29) is 5.75 Å². The van der Waals surface area contributed by atoms with Gasteiger partial charge >= 0.3 is 6.61 Å². The van der Waals surface area contributed by atoms with E-state index in [1.54, 1.807) is 35.3 Å². The second kappa shape index (κ2) is 9.09. The van der Waals surface area contributed by atoms with Crippen LogP contribution in [0.25, 0.3) is 17.0 Å². The van der Waals surface area contributed by atoms with Gasteiger partial charge in [-0.1, -0.05) is 12.7 Å². The topological polar surface area (TPSA) is 51.4 Å². The summed E-state index contributed by atoms with van der Waals surface area (Å²) in [7, 11) is 0. The van der Waals surface area contributed by atoms with E-state index in [1.165, 1.54) is 23.5 Å². The zero-order valence-electron chi connectivity index (χ0n) is 14.9. The molecule has 0 amide bonds. The molecule has 0 unspecified atom stereocenters. The minimum atomic E-state index is -2.86. The van der Waals surface area contributed by atoms with E-state index in [2.05, 4.69) is 33.3 Å². The summed E-state index contributed by atoms with van der Waals surface area (Å²) < 4.78 is 30.9. The van der Waals surface area contributed by atoms with Gasteiger partial charge in [0.25, 0.3) is 0 Å². The van der Waals surface area contributed by atoms with Crippen molar-refractivity contribution in [2.75, 3.05) is 12.0 Å². The summed E-state index contributed by atoms with van der Waals surface area (Å²) in [6.07, 6.45) is 5.08. The van der Waals surface area contributed by atoms with Crippen LogP contribution < -0.4 is 15.0 Å². The molecule has 0 bridgehead atoms. The smallest absolute Gasteiger partial charge is 0.387 e. The maximum Gasteiger partial charge on any atom is 0.387 e. The summed E-state index contributed by atoms with van der Waals surface area (Å²) in [5, 5.41) is 1.93. The molecule has 0 saturated heterocycles. The lowest BCUT2D eigenvalue weighted by Crippen LogP contribution is -2.25. The predicted molar refractivity (Wildman–Crippen MR) is 108 cm³/mol. The van der Waals surface area contributed by atoms with Crippen LogP contribution in [0.3, 0.4) is 0 Å². The third-order valence-electron chi connectivity index (χ3n) is 3.71. The van der Waals surface area contributed by atoms with Gasteiger partial charge in [-0.25, -0.2) is 4.68 Å². The maximum absolute atomic E-state index is 12.4. The molecule has 2 aromatic heterocycles. The lowest BCUT2D eigenvalue weighted by Gasteiger charge is -2.14. The average molecular weight is 400 g/mol. The summed E-state index contributed by atoms with van der Waals surface area (Å²) in [4.78, 5) is 9.23. The number of aromatic nitrogens is 2. The summed E-state index contributed by atoms with van der Waals surface area (Å²) >= 11 is 1.44. The largest absolute Gasteiger partial charge is 0.435 e. The van der Waals surface area contributed by atoms with Crippen LogP contribution in [0.15, 0.2) is 78.4 Å².